The Morgan fingerprint density at radius 3 is 2.75 bits per heavy atom. The molecule has 3 heterocycles. The number of anilines is 2. The number of aliphatic hydroxyl groups is 1. The van der Waals surface area contributed by atoms with E-state index in [1.54, 1.807) is 35.3 Å². The van der Waals surface area contributed by atoms with Crippen molar-refractivity contribution in [1.29, 1.82) is 0 Å². The summed E-state index contributed by atoms with van der Waals surface area (Å²) >= 11 is 6.10. The van der Waals surface area contributed by atoms with E-state index in [1.807, 2.05) is 43.3 Å². The molecular weight excluding hydrogens is 426 g/mol. The highest BCUT2D eigenvalue weighted by Gasteiger charge is 2.33. The average Bonchev–Trinajstić information content (AvgIpc) is 3.21. The topological polar surface area (TPSA) is 92.1 Å². The average molecular weight is 446 g/mol. The van der Waals surface area contributed by atoms with Crippen molar-refractivity contribution < 1.29 is 9.90 Å². The van der Waals surface area contributed by atoms with Crippen molar-refractivity contribution in [2.45, 2.75) is 19.6 Å². The molecule has 5 rings (SSSR count). The molecule has 3 N–H and O–H groups in total. The highest BCUT2D eigenvalue weighted by Crippen LogP contribution is 2.37. The number of fused-ring (bicyclic) bond motifs is 2. The Morgan fingerprint density at radius 1 is 1.16 bits per heavy atom. The fourth-order valence-corrected chi connectivity index (χ4v) is 4.13. The first-order chi connectivity index (χ1) is 15.5. The molecule has 7 nitrogen and oxygen atoms in total. The van der Waals surface area contributed by atoms with E-state index < -0.39 is 6.04 Å². The molecule has 0 radical (unpaired) electrons. The van der Waals surface area contributed by atoms with Crippen LogP contribution in [0.25, 0.3) is 10.8 Å². The standard InChI is InChI=1S/C24H20ClN5O2/c1-14-22(24(32)28-19-7-4-17-12-26-9-8-16(17)10-19)23(15-2-5-18(25)6-3-15)30-21(27-14)11-20(13-31)29-30/h2-12,23,27,31H,13H2,1H3,(H,28,32). The molecule has 0 saturated carbocycles. The van der Waals surface area contributed by atoms with Gasteiger partial charge in [0.05, 0.1) is 17.9 Å². The van der Waals surface area contributed by atoms with Crippen LogP contribution in [0.5, 0.6) is 0 Å². The number of halogens is 1. The molecule has 32 heavy (non-hydrogen) atoms. The van der Waals surface area contributed by atoms with E-state index in [2.05, 4.69) is 20.7 Å². The minimum absolute atomic E-state index is 0.193. The number of nitrogens with zero attached hydrogens (tertiary/aromatic N) is 3. The normalized spacial score (nSPS) is 15.4. The summed E-state index contributed by atoms with van der Waals surface area (Å²) in [5.74, 6) is 0.469. The van der Waals surface area contributed by atoms with Crippen molar-refractivity contribution in [2.24, 2.45) is 0 Å². The fraction of sp³-hybridized carbons (Fsp3) is 0.125. The Labute approximate surface area is 189 Å². The Morgan fingerprint density at radius 2 is 1.97 bits per heavy atom. The van der Waals surface area contributed by atoms with Crippen LogP contribution in [-0.4, -0.2) is 25.8 Å². The van der Waals surface area contributed by atoms with Crippen molar-refractivity contribution in [1.82, 2.24) is 14.8 Å². The number of rotatable bonds is 4. The van der Waals surface area contributed by atoms with Crippen molar-refractivity contribution in [3.8, 4) is 0 Å². The molecule has 160 valence electrons. The second kappa shape index (κ2) is 8.11. The quantitative estimate of drug-likeness (QED) is 0.430. The van der Waals surface area contributed by atoms with E-state index in [0.717, 1.165) is 16.3 Å². The molecule has 1 aliphatic rings. The van der Waals surface area contributed by atoms with Crippen LogP contribution in [0.4, 0.5) is 11.5 Å². The van der Waals surface area contributed by atoms with Crippen LogP contribution in [0.2, 0.25) is 5.02 Å². The first-order valence-electron chi connectivity index (χ1n) is 10.1. The highest BCUT2D eigenvalue weighted by molar-refractivity contribution is 6.30. The lowest BCUT2D eigenvalue weighted by Crippen LogP contribution is -2.31. The number of nitrogens with one attached hydrogen (secondary N) is 2. The summed E-state index contributed by atoms with van der Waals surface area (Å²) in [4.78, 5) is 17.6. The smallest absolute Gasteiger partial charge is 0.255 e. The molecule has 4 aromatic rings. The Bertz CT molecular complexity index is 1360. The van der Waals surface area contributed by atoms with Gasteiger partial charge in [0.15, 0.2) is 0 Å². The van der Waals surface area contributed by atoms with Gasteiger partial charge in [0.1, 0.15) is 11.9 Å². The highest BCUT2D eigenvalue weighted by atomic mass is 35.5. The number of pyridine rings is 1. The molecule has 0 fully saturated rings. The van der Waals surface area contributed by atoms with E-state index in [-0.39, 0.29) is 12.5 Å². The maximum absolute atomic E-state index is 13.5. The van der Waals surface area contributed by atoms with E-state index in [9.17, 15) is 9.90 Å². The summed E-state index contributed by atoms with van der Waals surface area (Å²) < 4.78 is 1.72. The molecule has 0 saturated heterocycles. The van der Waals surface area contributed by atoms with Crippen LogP contribution in [-0.2, 0) is 11.4 Å². The zero-order valence-corrected chi connectivity index (χ0v) is 18.0. The van der Waals surface area contributed by atoms with E-state index in [4.69, 9.17) is 11.6 Å². The first-order valence-corrected chi connectivity index (χ1v) is 10.5. The van der Waals surface area contributed by atoms with Gasteiger partial charge in [-0.1, -0.05) is 29.8 Å². The van der Waals surface area contributed by atoms with Crippen molar-refractivity contribution in [3.63, 3.8) is 0 Å². The second-order valence-electron chi connectivity index (χ2n) is 7.63. The number of benzene rings is 2. The maximum Gasteiger partial charge on any atom is 0.255 e. The number of carbonyl (C=O) groups is 1. The van der Waals surface area contributed by atoms with Gasteiger partial charge in [-0.25, -0.2) is 4.68 Å². The van der Waals surface area contributed by atoms with Gasteiger partial charge < -0.3 is 15.7 Å². The lowest BCUT2D eigenvalue weighted by Gasteiger charge is -2.29. The van der Waals surface area contributed by atoms with E-state index in [0.29, 0.717) is 33.5 Å². The Kier molecular flexibility index (Phi) is 5.13. The SMILES string of the molecule is CC1=C(C(=O)Nc2ccc3cnccc3c2)C(c2ccc(Cl)cc2)n2nc(CO)cc2N1. The van der Waals surface area contributed by atoms with E-state index >= 15 is 0 Å². The number of aromatic nitrogens is 3. The third-order valence-electron chi connectivity index (χ3n) is 5.51. The Balaban J connectivity index is 1.55. The molecule has 1 amide bonds. The van der Waals surface area contributed by atoms with Crippen molar-refractivity contribution in [3.05, 3.63) is 94.5 Å². The number of aliphatic hydroxyl groups excluding tert-OH is 1. The molecule has 1 atom stereocenters. The predicted molar refractivity (Wildman–Crippen MR) is 124 cm³/mol. The predicted octanol–water partition coefficient (Wildman–Crippen LogP) is 4.50. The zero-order chi connectivity index (χ0) is 22.2. The summed E-state index contributed by atoms with van der Waals surface area (Å²) in [6, 6.07) is 16.2. The molecule has 8 heteroatoms. The number of allylic oxidation sites excluding steroid dienone is 1. The Hall–Kier alpha value is -3.68. The van der Waals surface area contributed by atoms with E-state index in [1.165, 1.54) is 0 Å². The van der Waals surface area contributed by atoms with Crippen LogP contribution >= 0.6 is 11.6 Å². The molecule has 0 bridgehead atoms. The molecule has 2 aromatic carbocycles. The second-order valence-corrected chi connectivity index (χ2v) is 8.07. The van der Waals surface area contributed by atoms with Crippen molar-refractivity contribution in [2.75, 3.05) is 10.6 Å². The van der Waals surface area contributed by atoms with Gasteiger partial charge in [-0.05, 0) is 48.2 Å². The molecule has 0 aliphatic carbocycles. The third-order valence-corrected chi connectivity index (χ3v) is 5.77. The van der Waals surface area contributed by atoms with Gasteiger partial charge in [0, 0.05) is 40.3 Å². The van der Waals surface area contributed by atoms with Gasteiger partial charge in [-0.15, -0.1) is 0 Å². The fourth-order valence-electron chi connectivity index (χ4n) is 4.01. The molecule has 2 aromatic heterocycles. The minimum Gasteiger partial charge on any atom is -0.390 e. The lowest BCUT2D eigenvalue weighted by molar-refractivity contribution is -0.113. The summed E-state index contributed by atoms with van der Waals surface area (Å²) in [6.45, 7) is 1.67. The summed E-state index contributed by atoms with van der Waals surface area (Å²) in [7, 11) is 0. The van der Waals surface area contributed by atoms with Gasteiger partial charge in [0.25, 0.3) is 5.91 Å². The van der Waals surface area contributed by atoms with Gasteiger partial charge in [-0.3, -0.25) is 9.78 Å². The van der Waals surface area contributed by atoms with Gasteiger partial charge in [0.2, 0.25) is 0 Å². The first kappa shape index (κ1) is 20.2. The van der Waals surface area contributed by atoms with Crippen LogP contribution in [0.1, 0.15) is 24.2 Å². The molecule has 1 aliphatic heterocycles. The number of amides is 1. The van der Waals surface area contributed by atoms with Crippen LogP contribution in [0.15, 0.2) is 78.3 Å². The summed E-state index contributed by atoms with van der Waals surface area (Å²) in [5, 5.41) is 23.0. The number of carbonyl (C=O) groups excluding carboxylic acids is 1. The molecule has 1 unspecified atom stereocenters. The zero-order valence-electron chi connectivity index (χ0n) is 17.2. The van der Waals surface area contributed by atoms with Crippen molar-refractivity contribution >= 4 is 39.8 Å². The number of hydrogen-bond acceptors (Lipinski definition) is 5. The molecule has 0 spiro atoms. The van der Waals surface area contributed by atoms with Gasteiger partial charge in [-0.2, -0.15) is 5.10 Å². The molecular formula is C24H20ClN5O2. The van der Waals surface area contributed by atoms with Gasteiger partial charge >= 0.3 is 0 Å². The number of hydrogen-bond donors (Lipinski definition) is 3. The minimum atomic E-state index is -0.478. The van der Waals surface area contributed by atoms with Crippen LogP contribution in [0.3, 0.4) is 0 Å². The lowest BCUT2D eigenvalue weighted by atomic mass is 9.94. The summed E-state index contributed by atoms with van der Waals surface area (Å²) in [5.41, 5.74) is 3.31. The van der Waals surface area contributed by atoms with Crippen LogP contribution in [0, 0.1) is 0 Å². The van der Waals surface area contributed by atoms with Crippen LogP contribution < -0.4 is 10.6 Å². The summed E-state index contributed by atoms with van der Waals surface area (Å²) in [6.07, 6.45) is 3.51. The monoisotopic (exact) mass is 445 g/mol. The maximum atomic E-state index is 13.5. The largest absolute Gasteiger partial charge is 0.390 e. The third kappa shape index (κ3) is 3.62.